The fourth-order valence-corrected chi connectivity index (χ4v) is 4.51. The smallest absolute Gasteiger partial charge is 0.449 e. The molecule has 0 aliphatic heterocycles. The molecular weight excluding hydrogens is 518 g/mol. The van der Waals surface area contributed by atoms with Gasteiger partial charge in [0.1, 0.15) is 11.5 Å². The third-order valence-corrected chi connectivity index (χ3v) is 6.33. The Kier molecular flexibility index (Phi) is 7.13. The lowest BCUT2D eigenvalue weighted by Gasteiger charge is -2.28. The number of hydrogen-bond acceptors (Lipinski definition) is 5. The van der Waals surface area contributed by atoms with Crippen LogP contribution in [-0.4, -0.2) is 45.4 Å². The Labute approximate surface area is 212 Å². The standard InChI is InChI=1S/C26H22F6N2O4/c1-34-14-15(13-33-34)19-11-17(38-10-4-5-16(35)8-9-22(36)25(27,28)29)12-21-23(19)18-6-2-3-7-20(18)24(21,37)26(30,31)32/h2-3,6-7,11-14,37H,4-5,8-10H2,1H3. The number of aryl methyl sites for hydroxylation is 1. The van der Waals surface area contributed by atoms with Crippen LogP contribution in [0.25, 0.3) is 22.3 Å². The maximum atomic E-state index is 14.3. The summed E-state index contributed by atoms with van der Waals surface area (Å²) in [6.45, 7) is -0.137. The van der Waals surface area contributed by atoms with E-state index in [2.05, 4.69) is 5.10 Å². The van der Waals surface area contributed by atoms with E-state index in [9.17, 15) is 41.0 Å². The van der Waals surface area contributed by atoms with E-state index in [0.717, 1.165) is 6.07 Å². The molecule has 38 heavy (non-hydrogen) atoms. The number of carbonyl (C=O) groups excluding carboxylic acids is 2. The summed E-state index contributed by atoms with van der Waals surface area (Å²) >= 11 is 0. The molecule has 1 aliphatic rings. The summed E-state index contributed by atoms with van der Waals surface area (Å²) in [5, 5.41) is 15.2. The quantitative estimate of drug-likeness (QED) is 0.286. The van der Waals surface area contributed by atoms with E-state index in [-0.39, 0.29) is 41.9 Å². The molecule has 0 saturated heterocycles. The van der Waals surface area contributed by atoms with Gasteiger partial charge in [0.05, 0.1) is 12.8 Å². The second-order valence-electron chi connectivity index (χ2n) is 8.96. The molecule has 1 N–H and O–H groups in total. The predicted molar refractivity (Wildman–Crippen MR) is 123 cm³/mol. The first-order valence-electron chi connectivity index (χ1n) is 11.5. The highest BCUT2D eigenvalue weighted by atomic mass is 19.4. The summed E-state index contributed by atoms with van der Waals surface area (Å²) in [4.78, 5) is 22.8. The van der Waals surface area contributed by atoms with Gasteiger partial charge in [0.25, 0.3) is 0 Å². The molecule has 202 valence electrons. The van der Waals surface area contributed by atoms with E-state index < -0.39 is 47.9 Å². The number of ketones is 2. The van der Waals surface area contributed by atoms with Crippen molar-refractivity contribution in [3.8, 4) is 28.0 Å². The van der Waals surface area contributed by atoms with Crippen LogP contribution in [0.15, 0.2) is 48.8 Å². The molecule has 6 nitrogen and oxygen atoms in total. The summed E-state index contributed by atoms with van der Waals surface area (Å²) < 4.78 is 87.0. The zero-order chi connectivity index (χ0) is 27.9. The minimum Gasteiger partial charge on any atom is -0.494 e. The topological polar surface area (TPSA) is 81.4 Å². The molecule has 1 heterocycles. The maximum Gasteiger partial charge on any atom is 0.449 e. The average Bonchev–Trinajstić information content (AvgIpc) is 3.39. The minimum absolute atomic E-state index is 0.00205. The number of Topliss-reactive ketones (excluding diaryl/α,β-unsaturated/α-hetero) is 2. The van der Waals surface area contributed by atoms with Crippen molar-refractivity contribution in [2.45, 2.75) is 43.6 Å². The summed E-state index contributed by atoms with van der Waals surface area (Å²) in [6.07, 6.45) is -8.62. The van der Waals surface area contributed by atoms with Crippen LogP contribution < -0.4 is 4.74 Å². The lowest BCUT2D eigenvalue weighted by molar-refractivity contribution is -0.246. The highest BCUT2D eigenvalue weighted by molar-refractivity contribution is 5.93. The Morgan fingerprint density at radius 2 is 1.71 bits per heavy atom. The number of alkyl halides is 6. The number of aromatic nitrogens is 2. The summed E-state index contributed by atoms with van der Waals surface area (Å²) in [5.74, 6) is -2.56. The second kappa shape index (κ2) is 9.90. The van der Waals surface area contributed by atoms with E-state index in [1.54, 1.807) is 19.3 Å². The fourth-order valence-electron chi connectivity index (χ4n) is 4.51. The third kappa shape index (κ3) is 5.04. The second-order valence-corrected chi connectivity index (χ2v) is 8.96. The Bertz CT molecular complexity index is 1380. The van der Waals surface area contributed by atoms with Gasteiger partial charge >= 0.3 is 12.4 Å². The number of benzene rings is 2. The summed E-state index contributed by atoms with van der Waals surface area (Å²) in [7, 11) is 1.64. The number of aliphatic hydroxyl groups is 1. The van der Waals surface area contributed by atoms with Gasteiger partial charge in [-0.3, -0.25) is 14.3 Å². The zero-order valence-corrected chi connectivity index (χ0v) is 20.0. The number of fused-ring (bicyclic) bond motifs is 3. The normalized spacial score (nSPS) is 16.7. The molecule has 3 aromatic rings. The monoisotopic (exact) mass is 540 g/mol. The number of hydrogen-bond donors (Lipinski definition) is 1. The molecule has 0 radical (unpaired) electrons. The number of halogens is 6. The van der Waals surface area contributed by atoms with E-state index in [0.29, 0.717) is 11.1 Å². The molecule has 0 saturated carbocycles. The molecular formula is C26H22F6N2O4. The van der Waals surface area contributed by atoms with E-state index >= 15 is 0 Å². The van der Waals surface area contributed by atoms with E-state index in [1.807, 2.05) is 0 Å². The molecule has 0 spiro atoms. The molecule has 1 unspecified atom stereocenters. The number of carbonyl (C=O) groups is 2. The molecule has 4 rings (SSSR count). The van der Waals surface area contributed by atoms with Crippen LogP contribution in [0.1, 0.15) is 36.8 Å². The zero-order valence-electron chi connectivity index (χ0n) is 20.0. The van der Waals surface area contributed by atoms with Gasteiger partial charge in [0.2, 0.25) is 11.4 Å². The van der Waals surface area contributed by atoms with Gasteiger partial charge in [-0.15, -0.1) is 0 Å². The fraction of sp³-hybridized carbons (Fsp3) is 0.346. The van der Waals surface area contributed by atoms with Crippen molar-refractivity contribution in [2.24, 2.45) is 7.05 Å². The Balaban J connectivity index is 1.60. The molecule has 2 aromatic carbocycles. The predicted octanol–water partition coefficient (Wildman–Crippen LogP) is 5.51. The van der Waals surface area contributed by atoms with Crippen molar-refractivity contribution in [2.75, 3.05) is 6.61 Å². The van der Waals surface area contributed by atoms with Crippen molar-refractivity contribution in [1.82, 2.24) is 9.78 Å². The minimum atomic E-state index is -5.06. The first kappa shape index (κ1) is 27.4. The van der Waals surface area contributed by atoms with Crippen LogP contribution in [0.4, 0.5) is 26.3 Å². The van der Waals surface area contributed by atoms with E-state index in [4.69, 9.17) is 4.74 Å². The SMILES string of the molecule is Cn1cc(-c2cc(OCCCC(=O)CCC(=O)C(F)(F)F)cc3c2-c2ccccc2C3(O)C(F)(F)F)cn1. The van der Waals surface area contributed by atoms with Gasteiger partial charge in [-0.1, -0.05) is 24.3 Å². The van der Waals surface area contributed by atoms with Gasteiger partial charge < -0.3 is 9.84 Å². The van der Waals surface area contributed by atoms with Gasteiger partial charge in [-0.05, 0) is 35.2 Å². The number of rotatable bonds is 9. The summed E-state index contributed by atoms with van der Waals surface area (Å²) in [5.41, 5.74) is -2.79. The van der Waals surface area contributed by atoms with Crippen LogP contribution in [0, 0.1) is 0 Å². The third-order valence-electron chi connectivity index (χ3n) is 6.33. The molecule has 12 heteroatoms. The maximum absolute atomic E-state index is 14.3. The molecule has 0 amide bonds. The van der Waals surface area contributed by atoms with Crippen molar-refractivity contribution < 1.29 is 45.8 Å². The average molecular weight is 540 g/mol. The van der Waals surface area contributed by atoms with Crippen molar-refractivity contribution in [3.05, 3.63) is 59.9 Å². The van der Waals surface area contributed by atoms with Crippen molar-refractivity contribution >= 4 is 11.6 Å². The van der Waals surface area contributed by atoms with Gasteiger partial charge in [-0.2, -0.15) is 31.4 Å². The van der Waals surface area contributed by atoms with Gasteiger partial charge in [0.15, 0.2) is 0 Å². The van der Waals surface area contributed by atoms with Crippen LogP contribution >= 0.6 is 0 Å². The van der Waals surface area contributed by atoms with Crippen LogP contribution in [0.3, 0.4) is 0 Å². The van der Waals surface area contributed by atoms with Crippen LogP contribution in [0.5, 0.6) is 5.75 Å². The number of ether oxygens (including phenoxy) is 1. The molecule has 1 aliphatic carbocycles. The van der Waals surface area contributed by atoms with Crippen LogP contribution in [-0.2, 0) is 22.2 Å². The highest BCUT2D eigenvalue weighted by Gasteiger charge is 2.61. The lowest BCUT2D eigenvalue weighted by atomic mass is 9.89. The van der Waals surface area contributed by atoms with Gasteiger partial charge in [0, 0.05) is 49.2 Å². The van der Waals surface area contributed by atoms with Crippen LogP contribution in [0.2, 0.25) is 0 Å². The molecule has 1 atom stereocenters. The lowest BCUT2D eigenvalue weighted by Crippen LogP contribution is -2.41. The summed E-state index contributed by atoms with van der Waals surface area (Å²) in [6, 6.07) is 8.30. The Hall–Kier alpha value is -3.67. The molecule has 0 bridgehead atoms. The van der Waals surface area contributed by atoms with Crippen molar-refractivity contribution in [3.63, 3.8) is 0 Å². The first-order chi connectivity index (χ1) is 17.7. The Morgan fingerprint density at radius 3 is 2.34 bits per heavy atom. The van der Waals surface area contributed by atoms with Gasteiger partial charge in [-0.25, -0.2) is 0 Å². The molecule has 1 aromatic heterocycles. The molecule has 0 fully saturated rings. The van der Waals surface area contributed by atoms with Crippen molar-refractivity contribution in [1.29, 1.82) is 0 Å². The highest BCUT2D eigenvalue weighted by Crippen LogP contribution is 2.58. The van der Waals surface area contributed by atoms with E-state index in [1.165, 1.54) is 35.1 Å². The number of nitrogens with zero attached hydrogens (tertiary/aromatic N) is 2. The largest absolute Gasteiger partial charge is 0.494 e. The first-order valence-corrected chi connectivity index (χ1v) is 11.5. The Morgan fingerprint density at radius 1 is 1.00 bits per heavy atom.